The summed E-state index contributed by atoms with van der Waals surface area (Å²) in [6.07, 6.45) is 0.873. The second-order valence-electron chi connectivity index (χ2n) is 6.20. The van der Waals surface area contributed by atoms with Crippen LogP contribution >= 0.6 is 23.2 Å². The van der Waals surface area contributed by atoms with Crippen LogP contribution in [-0.2, 0) is 9.53 Å². The zero-order chi connectivity index (χ0) is 16.4. The number of hydrogen-bond donors (Lipinski definition) is 1. The first-order valence-corrected chi connectivity index (χ1v) is 8.34. The maximum absolute atomic E-state index is 12.4. The van der Waals surface area contributed by atoms with Gasteiger partial charge in [-0.1, -0.05) is 23.2 Å². The van der Waals surface area contributed by atoms with Gasteiger partial charge >= 0.3 is 0 Å². The lowest BCUT2D eigenvalue weighted by atomic mass is 9.76. The monoisotopic (exact) mass is 359 g/mol. The molecule has 23 heavy (non-hydrogen) atoms. The summed E-state index contributed by atoms with van der Waals surface area (Å²) in [7, 11) is 0. The van der Waals surface area contributed by atoms with E-state index in [9.17, 15) is 9.90 Å². The van der Waals surface area contributed by atoms with Gasteiger partial charge in [-0.05, 0) is 24.5 Å². The molecule has 0 spiro atoms. The van der Waals surface area contributed by atoms with Gasteiger partial charge in [-0.25, -0.2) is 0 Å². The predicted octanol–water partition coefficient (Wildman–Crippen LogP) is 2.23. The van der Waals surface area contributed by atoms with Gasteiger partial charge < -0.3 is 19.5 Å². The van der Waals surface area contributed by atoms with Gasteiger partial charge in [-0.15, -0.1) is 0 Å². The molecule has 2 fully saturated rings. The fourth-order valence-corrected chi connectivity index (χ4v) is 3.60. The molecule has 1 aromatic rings. The van der Waals surface area contributed by atoms with Gasteiger partial charge in [0.15, 0.2) is 6.61 Å². The molecule has 0 aliphatic carbocycles. The number of carbonyl (C=O) groups excluding carboxylic acids is 1. The first-order valence-electron chi connectivity index (χ1n) is 7.58. The minimum Gasteiger partial charge on any atom is -0.484 e. The summed E-state index contributed by atoms with van der Waals surface area (Å²) in [5.74, 6) is 0.693. The van der Waals surface area contributed by atoms with E-state index in [-0.39, 0.29) is 30.5 Å². The van der Waals surface area contributed by atoms with E-state index >= 15 is 0 Å². The van der Waals surface area contributed by atoms with Gasteiger partial charge in [-0.3, -0.25) is 4.79 Å². The maximum atomic E-state index is 12.4. The number of halogens is 2. The van der Waals surface area contributed by atoms with Gasteiger partial charge in [0.1, 0.15) is 5.75 Å². The average molecular weight is 360 g/mol. The molecule has 0 radical (unpaired) electrons. The normalized spacial score (nSPS) is 26.9. The van der Waals surface area contributed by atoms with Crippen LogP contribution in [0, 0.1) is 11.3 Å². The highest BCUT2D eigenvalue weighted by atomic mass is 35.5. The topological polar surface area (TPSA) is 59.0 Å². The molecule has 0 bridgehead atoms. The van der Waals surface area contributed by atoms with Crippen molar-refractivity contribution in [3.63, 3.8) is 0 Å². The molecular formula is C16H19Cl2NO4. The van der Waals surface area contributed by atoms with Crippen LogP contribution in [0.4, 0.5) is 0 Å². The van der Waals surface area contributed by atoms with Crippen LogP contribution in [0.2, 0.25) is 10.0 Å². The first-order chi connectivity index (χ1) is 11.0. The average Bonchev–Trinajstić information content (AvgIpc) is 2.96. The number of likely N-dealkylation sites (tertiary alicyclic amines) is 1. The van der Waals surface area contributed by atoms with Crippen molar-refractivity contribution in [1.82, 2.24) is 4.90 Å². The minimum atomic E-state index is -0.322. The maximum Gasteiger partial charge on any atom is 0.260 e. The predicted molar refractivity (Wildman–Crippen MR) is 87.0 cm³/mol. The molecule has 7 heteroatoms. The van der Waals surface area contributed by atoms with Gasteiger partial charge in [-0.2, -0.15) is 0 Å². The van der Waals surface area contributed by atoms with Gasteiger partial charge in [0, 0.05) is 31.2 Å². The molecule has 0 saturated carbocycles. The molecule has 3 rings (SSSR count). The Balaban J connectivity index is 1.59. The molecule has 1 amide bonds. The number of fused-ring (bicyclic) bond motifs is 1. The third-order valence-corrected chi connectivity index (χ3v) is 5.47. The Kier molecular flexibility index (Phi) is 5.01. The second kappa shape index (κ2) is 6.85. The van der Waals surface area contributed by atoms with E-state index in [0.29, 0.717) is 42.1 Å². The summed E-state index contributed by atoms with van der Waals surface area (Å²) in [5, 5.41) is 10.6. The molecule has 2 heterocycles. The third kappa shape index (κ3) is 3.43. The van der Waals surface area contributed by atoms with Crippen molar-refractivity contribution in [2.24, 2.45) is 11.3 Å². The van der Waals surface area contributed by atoms with E-state index in [4.69, 9.17) is 32.7 Å². The second-order valence-corrected chi connectivity index (χ2v) is 7.01. The zero-order valence-electron chi connectivity index (χ0n) is 12.6. The standard InChI is InChI=1S/C16H19Cl2NO4/c17-13-2-1-12(5-14(13)18)23-7-15(21)19-6-11-3-4-22-10-16(11,8-19)9-20/h1-2,5,11,20H,3-4,6-10H2/t11-,16+/m0/s1. The van der Waals surface area contributed by atoms with E-state index in [1.54, 1.807) is 23.1 Å². The number of hydrogen-bond acceptors (Lipinski definition) is 4. The van der Waals surface area contributed by atoms with Crippen LogP contribution in [-0.4, -0.2) is 55.4 Å². The van der Waals surface area contributed by atoms with Crippen molar-refractivity contribution < 1.29 is 19.4 Å². The Morgan fingerprint density at radius 1 is 1.43 bits per heavy atom. The Labute approximate surface area is 145 Å². The minimum absolute atomic E-state index is 0.0368. The van der Waals surface area contributed by atoms with Crippen LogP contribution in [0.3, 0.4) is 0 Å². The highest BCUT2D eigenvalue weighted by Crippen LogP contribution is 2.41. The van der Waals surface area contributed by atoms with Crippen molar-refractivity contribution in [3.05, 3.63) is 28.2 Å². The number of rotatable bonds is 4. The van der Waals surface area contributed by atoms with Crippen molar-refractivity contribution in [1.29, 1.82) is 0 Å². The Bertz CT molecular complexity index is 597. The third-order valence-electron chi connectivity index (χ3n) is 4.73. The van der Waals surface area contributed by atoms with E-state index in [1.165, 1.54) is 0 Å². The molecule has 2 saturated heterocycles. The Morgan fingerprint density at radius 3 is 2.96 bits per heavy atom. The summed E-state index contributed by atoms with van der Waals surface area (Å²) in [6, 6.07) is 4.89. The Morgan fingerprint density at radius 2 is 2.26 bits per heavy atom. The lowest BCUT2D eigenvalue weighted by molar-refractivity contribution is -0.133. The molecule has 126 valence electrons. The quantitative estimate of drug-likeness (QED) is 0.895. The van der Waals surface area contributed by atoms with Crippen molar-refractivity contribution in [3.8, 4) is 5.75 Å². The number of benzene rings is 1. The number of carbonyl (C=O) groups is 1. The molecule has 1 aromatic carbocycles. The molecule has 5 nitrogen and oxygen atoms in total. The molecular weight excluding hydrogens is 341 g/mol. The van der Waals surface area contributed by atoms with E-state index in [1.807, 2.05) is 0 Å². The highest BCUT2D eigenvalue weighted by molar-refractivity contribution is 6.42. The summed E-state index contributed by atoms with van der Waals surface area (Å²) in [6.45, 7) is 2.33. The largest absolute Gasteiger partial charge is 0.484 e. The molecule has 2 atom stereocenters. The zero-order valence-corrected chi connectivity index (χ0v) is 14.1. The number of aliphatic hydroxyl groups is 1. The smallest absolute Gasteiger partial charge is 0.260 e. The van der Waals surface area contributed by atoms with Crippen LogP contribution in [0.1, 0.15) is 6.42 Å². The number of aliphatic hydroxyl groups excluding tert-OH is 1. The van der Waals surface area contributed by atoms with E-state index in [2.05, 4.69) is 0 Å². The summed E-state index contributed by atoms with van der Waals surface area (Å²) in [5.41, 5.74) is -0.322. The first kappa shape index (κ1) is 16.8. The SMILES string of the molecule is O=C(COc1ccc(Cl)c(Cl)c1)N1C[C@@H]2CCOC[C@]2(CO)C1. The van der Waals surface area contributed by atoms with Crippen LogP contribution in [0.15, 0.2) is 18.2 Å². The van der Waals surface area contributed by atoms with Gasteiger partial charge in [0.2, 0.25) is 0 Å². The van der Waals surface area contributed by atoms with Crippen LogP contribution in [0.25, 0.3) is 0 Å². The van der Waals surface area contributed by atoms with Crippen molar-refractivity contribution >= 4 is 29.1 Å². The summed E-state index contributed by atoms with van der Waals surface area (Å²) < 4.78 is 11.0. The summed E-state index contributed by atoms with van der Waals surface area (Å²) >= 11 is 11.8. The van der Waals surface area contributed by atoms with Gasteiger partial charge in [0.25, 0.3) is 5.91 Å². The lowest BCUT2D eigenvalue weighted by Gasteiger charge is -2.36. The fourth-order valence-electron chi connectivity index (χ4n) is 3.31. The molecule has 2 aliphatic rings. The van der Waals surface area contributed by atoms with E-state index in [0.717, 1.165) is 6.42 Å². The number of nitrogens with zero attached hydrogens (tertiary/aromatic N) is 1. The van der Waals surface area contributed by atoms with Gasteiger partial charge in [0.05, 0.1) is 23.3 Å². The summed E-state index contributed by atoms with van der Waals surface area (Å²) in [4.78, 5) is 14.1. The van der Waals surface area contributed by atoms with Crippen molar-refractivity contribution in [2.45, 2.75) is 6.42 Å². The molecule has 0 unspecified atom stereocenters. The van der Waals surface area contributed by atoms with Crippen LogP contribution in [0.5, 0.6) is 5.75 Å². The fraction of sp³-hybridized carbons (Fsp3) is 0.562. The molecule has 2 aliphatic heterocycles. The van der Waals surface area contributed by atoms with E-state index < -0.39 is 0 Å². The highest BCUT2D eigenvalue weighted by Gasteiger charge is 2.49. The number of amides is 1. The molecule has 0 aromatic heterocycles. The van der Waals surface area contributed by atoms with Crippen LogP contribution < -0.4 is 4.74 Å². The molecule has 1 N–H and O–H groups in total. The van der Waals surface area contributed by atoms with Crippen molar-refractivity contribution in [2.75, 3.05) is 39.5 Å². The number of ether oxygens (including phenoxy) is 2. The Hall–Kier alpha value is -1.01. The lowest BCUT2D eigenvalue weighted by Crippen LogP contribution is -2.43.